The quantitative estimate of drug-likeness (QED) is 0.892. The van der Waals surface area contributed by atoms with Gasteiger partial charge in [0.15, 0.2) is 0 Å². The smallest absolute Gasteiger partial charge is 0.0948 e. The van der Waals surface area contributed by atoms with Crippen LogP contribution in [0.4, 0.5) is 0 Å². The van der Waals surface area contributed by atoms with Gasteiger partial charge in [-0.2, -0.15) is 0 Å². The van der Waals surface area contributed by atoms with Crippen LogP contribution in [-0.2, 0) is 12.0 Å². The monoisotopic (exact) mass is 249 g/mol. The van der Waals surface area contributed by atoms with E-state index in [-0.39, 0.29) is 5.41 Å². The van der Waals surface area contributed by atoms with Gasteiger partial charge in [-0.05, 0) is 24.3 Å². The van der Waals surface area contributed by atoms with Gasteiger partial charge in [-0.3, -0.25) is 0 Å². The molecule has 2 rings (SSSR count). The molecule has 1 saturated heterocycles. The van der Waals surface area contributed by atoms with E-state index in [4.69, 9.17) is 0 Å². The van der Waals surface area contributed by atoms with E-state index in [1.54, 1.807) is 0 Å². The number of hydrogen-bond acceptors (Lipinski definition) is 2. The zero-order valence-electron chi connectivity index (χ0n) is 12.5. The van der Waals surface area contributed by atoms with Gasteiger partial charge in [0.05, 0.1) is 6.33 Å². The fraction of sp³-hybridized carbons (Fsp3) is 0.800. The molecule has 0 radical (unpaired) electrons. The average molecular weight is 249 g/mol. The summed E-state index contributed by atoms with van der Waals surface area (Å²) in [5.74, 6) is 0.642. The molecule has 2 atom stereocenters. The number of imidazole rings is 1. The van der Waals surface area contributed by atoms with Crippen LogP contribution < -0.4 is 5.32 Å². The van der Waals surface area contributed by atoms with Crippen molar-refractivity contribution in [1.29, 1.82) is 0 Å². The first-order valence-electron chi connectivity index (χ1n) is 7.04. The number of rotatable bonds is 3. The van der Waals surface area contributed by atoms with Gasteiger partial charge in [-0.1, -0.05) is 34.6 Å². The Bertz CT molecular complexity index is 394. The molecule has 0 aliphatic carbocycles. The molecule has 2 heterocycles. The van der Waals surface area contributed by atoms with Crippen molar-refractivity contribution in [3.8, 4) is 0 Å². The standard InChI is InChI=1S/C15H27N3/c1-12(14(2,3)4)9-18-11-17-8-13(18)15(5)6-7-16-10-15/h8,11-12,16H,6-7,9-10H2,1-5H3. The Morgan fingerprint density at radius 2 is 2.22 bits per heavy atom. The van der Waals surface area contributed by atoms with E-state index in [2.05, 4.69) is 55.7 Å². The van der Waals surface area contributed by atoms with Crippen LogP contribution in [0.15, 0.2) is 12.5 Å². The van der Waals surface area contributed by atoms with Crippen LogP contribution in [-0.4, -0.2) is 22.6 Å². The first kappa shape index (κ1) is 13.6. The fourth-order valence-corrected chi connectivity index (χ4v) is 2.57. The number of nitrogens with one attached hydrogen (secondary N) is 1. The van der Waals surface area contributed by atoms with Gasteiger partial charge in [-0.15, -0.1) is 0 Å². The average Bonchev–Trinajstić information content (AvgIpc) is 2.86. The van der Waals surface area contributed by atoms with Crippen LogP contribution in [0, 0.1) is 11.3 Å². The SMILES string of the molecule is CC(Cn1cncc1C1(C)CCNC1)C(C)(C)C. The molecule has 18 heavy (non-hydrogen) atoms. The molecule has 1 N–H and O–H groups in total. The van der Waals surface area contributed by atoms with E-state index in [1.807, 2.05) is 6.33 Å². The van der Waals surface area contributed by atoms with Gasteiger partial charge >= 0.3 is 0 Å². The summed E-state index contributed by atoms with van der Waals surface area (Å²) in [5.41, 5.74) is 1.99. The molecule has 3 nitrogen and oxygen atoms in total. The molecule has 1 aromatic rings. The van der Waals surface area contributed by atoms with Crippen molar-refractivity contribution in [2.75, 3.05) is 13.1 Å². The molecule has 2 unspecified atom stereocenters. The third-order valence-electron chi connectivity index (χ3n) is 4.65. The molecule has 3 heteroatoms. The van der Waals surface area contributed by atoms with E-state index in [0.29, 0.717) is 11.3 Å². The second-order valence-electron chi connectivity index (χ2n) is 7.19. The van der Waals surface area contributed by atoms with Crippen LogP contribution in [0.5, 0.6) is 0 Å². The van der Waals surface area contributed by atoms with E-state index < -0.39 is 0 Å². The highest BCUT2D eigenvalue weighted by Gasteiger charge is 2.34. The zero-order chi connectivity index (χ0) is 13.4. The molecule has 0 amide bonds. The summed E-state index contributed by atoms with van der Waals surface area (Å²) < 4.78 is 2.36. The van der Waals surface area contributed by atoms with Gasteiger partial charge in [0.25, 0.3) is 0 Å². The zero-order valence-corrected chi connectivity index (χ0v) is 12.5. The highest BCUT2D eigenvalue weighted by atomic mass is 15.1. The summed E-state index contributed by atoms with van der Waals surface area (Å²) in [6.45, 7) is 14.9. The first-order chi connectivity index (χ1) is 8.33. The number of nitrogens with zero attached hydrogens (tertiary/aromatic N) is 2. The molecular formula is C15H27N3. The largest absolute Gasteiger partial charge is 0.334 e. The molecule has 1 fully saturated rings. The molecule has 0 aromatic carbocycles. The minimum atomic E-state index is 0.258. The van der Waals surface area contributed by atoms with Gasteiger partial charge in [0.1, 0.15) is 0 Å². The lowest BCUT2D eigenvalue weighted by molar-refractivity contribution is 0.228. The van der Waals surface area contributed by atoms with Gasteiger partial charge in [-0.25, -0.2) is 4.98 Å². The highest BCUT2D eigenvalue weighted by molar-refractivity contribution is 5.17. The normalized spacial score (nSPS) is 26.5. The van der Waals surface area contributed by atoms with Crippen LogP contribution in [0.1, 0.15) is 46.7 Å². The summed E-state index contributed by atoms with van der Waals surface area (Å²) in [5, 5.41) is 3.47. The summed E-state index contributed by atoms with van der Waals surface area (Å²) in [6, 6.07) is 0. The Morgan fingerprint density at radius 3 is 2.78 bits per heavy atom. The summed E-state index contributed by atoms with van der Waals surface area (Å²) in [6.07, 6.45) is 5.27. The summed E-state index contributed by atoms with van der Waals surface area (Å²) >= 11 is 0. The molecule has 0 spiro atoms. The minimum absolute atomic E-state index is 0.258. The topological polar surface area (TPSA) is 29.9 Å². The predicted molar refractivity (Wildman–Crippen MR) is 75.7 cm³/mol. The first-order valence-corrected chi connectivity index (χ1v) is 7.04. The van der Waals surface area contributed by atoms with Crippen molar-refractivity contribution in [1.82, 2.24) is 14.9 Å². The van der Waals surface area contributed by atoms with Crippen LogP contribution >= 0.6 is 0 Å². The van der Waals surface area contributed by atoms with Crippen molar-refractivity contribution in [3.63, 3.8) is 0 Å². The predicted octanol–water partition coefficient (Wildman–Crippen LogP) is 2.82. The van der Waals surface area contributed by atoms with Gasteiger partial charge < -0.3 is 9.88 Å². The highest BCUT2D eigenvalue weighted by Crippen LogP contribution is 2.32. The molecule has 1 aliphatic rings. The van der Waals surface area contributed by atoms with Crippen LogP contribution in [0.3, 0.4) is 0 Å². The molecule has 0 saturated carbocycles. The Hall–Kier alpha value is -0.830. The van der Waals surface area contributed by atoms with Crippen molar-refractivity contribution in [2.45, 2.75) is 53.0 Å². The van der Waals surface area contributed by atoms with E-state index in [1.165, 1.54) is 12.1 Å². The van der Waals surface area contributed by atoms with Crippen molar-refractivity contribution in [2.24, 2.45) is 11.3 Å². The maximum absolute atomic E-state index is 4.38. The third-order valence-corrected chi connectivity index (χ3v) is 4.65. The Labute approximate surface area is 111 Å². The second-order valence-corrected chi connectivity index (χ2v) is 7.19. The minimum Gasteiger partial charge on any atom is -0.334 e. The lowest BCUT2D eigenvalue weighted by Crippen LogP contribution is -2.30. The summed E-state index contributed by atoms with van der Waals surface area (Å²) in [7, 11) is 0. The lowest BCUT2D eigenvalue weighted by atomic mass is 9.81. The maximum Gasteiger partial charge on any atom is 0.0948 e. The van der Waals surface area contributed by atoms with Crippen molar-refractivity contribution >= 4 is 0 Å². The Morgan fingerprint density at radius 1 is 1.50 bits per heavy atom. The molecule has 1 aromatic heterocycles. The number of aromatic nitrogens is 2. The molecular weight excluding hydrogens is 222 g/mol. The Kier molecular flexibility index (Phi) is 3.54. The lowest BCUT2D eigenvalue weighted by Gasteiger charge is -2.30. The number of hydrogen-bond donors (Lipinski definition) is 1. The molecule has 102 valence electrons. The van der Waals surface area contributed by atoms with Crippen molar-refractivity contribution < 1.29 is 0 Å². The van der Waals surface area contributed by atoms with Crippen LogP contribution in [0.25, 0.3) is 0 Å². The van der Waals surface area contributed by atoms with Gasteiger partial charge in [0.2, 0.25) is 0 Å². The van der Waals surface area contributed by atoms with Crippen LogP contribution in [0.2, 0.25) is 0 Å². The Balaban J connectivity index is 2.18. The third kappa shape index (κ3) is 2.61. The molecule has 0 bridgehead atoms. The van der Waals surface area contributed by atoms with E-state index in [9.17, 15) is 0 Å². The second kappa shape index (κ2) is 4.69. The van der Waals surface area contributed by atoms with E-state index >= 15 is 0 Å². The van der Waals surface area contributed by atoms with Gasteiger partial charge in [0, 0.05) is 30.4 Å². The summed E-state index contributed by atoms with van der Waals surface area (Å²) in [4.78, 5) is 4.38. The fourth-order valence-electron chi connectivity index (χ4n) is 2.57. The maximum atomic E-state index is 4.38. The van der Waals surface area contributed by atoms with E-state index in [0.717, 1.165) is 19.6 Å². The van der Waals surface area contributed by atoms with Crippen molar-refractivity contribution in [3.05, 3.63) is 18.2 Å². The molecule has 1 aliphatic heterocycles.